The highest BCUT2D eigenvalue weighted by molar-refractivity contribution is 5.79. The fourth-order valence-electron chi connectivity index (χ4n) is 4.64. The van der Waals surface area contributed by atoms with Crippen LogP contribution in [0.15, 0.2) is 30.5 Å². The Morgan fingerprint density at radius 3 is 2.63 bits per heavy atom. The maximum atomic E-state index is 12.6. The minimum atomic E-state index is -0.418. The summed E-state index contributed by atoms with van der Waals surface area (Å²) in [6.45, 7) is 1.96. The molecule has 0 bridgehead atoms. The molecule has 0 unspecified atom stereocenters. The molecule has 0 spiro atoms. The number of nitro benzene ring substituents is 1. The monoisotopic (exact) mass is 411 g/mol. The van der Waals surface area contributed by atoms with Crippen molar-refractivity contribution in [2.24, 2.45) is 5.92 Å². The molecule has 1 aromatic heterocycles. The van der Waals surface area contributed by atoms with Crippen molar-refractivity contribution in [1.29, 1.82) is 0 Å². The van der Waals surface area contributed by atoms with E-state index in [-0.39, 0.29) is 17.5 Å². The van der Waals surface area contributed by atoms with Gasteiger partial charge in [0.25, 0.3) is 5.69 Å². The molecule has 1 amide bonds. The molecule has 2 heterocycles. The van der Waals surface area contributed by atoms with Crippen molar-refractivity contribution in [3.05, 3.63) is 52.1 Å². The van der Waals surface area contributed by atoms with Crippen LogP contribution < -0.4 is 10.6 Å². The Morgan fingerprint density at radius 2 is 1.90 bits per heavy atom. The number of benzene rings is 1. The fraction of sp³-hybridized carbons (Fsp3) is 0.545. The van der Waals surface area contributed by atoms with Gasteiger partial charge in [-0.3, -0.25) is 14.9 Å². The van der Waals surface area contributed by atoms with Gasteiger partial charge in [-0.25, -0.2) is 4.98 Å². The predicted octanol–water partition coefficient (Wildman–Crippen LogP) is 3.63. The van der Waals surface area contributed by atoms with Gasteiger partial charge in [-0.2, -0.15) is 0 Å². The lowest BCUT2D eigenvalue weighted by atomic mass is 9.88. The summed E-state index contributed by atoms with van der Waals surface area (Å²) in [4.78, 5) is 27.6. The van der Waals surface area contributed by atoms with Crippen LogP contribution in [-0.4, -0.2) is 33.5 Å². The maximum absolute atomic E-state index is 12.6. The van der Waals surface area contributed by atoms with E-state index in [1.807, 2.05) is 6.20 Å². The van der Waals surface area contributed by atoms with Crippen LogP contribution in [-0.2, 0) is 17.8 Å². The Bertz CT molecular complexity index is 887. The SMILES string of the molecule is O=C(NCCNc1ccc([N+](=O)[O-])cc1)[C@H]1CCn2c(cnc2C2CCCCC2)C1. The molecule has 0 radical (unpaired) electrons. The van der Waals surface area contributed by atoms with Gasteiger partial charge in [-0.1, -0.05) is 19.3 Å². The van der Waals surface area contributed by atoms with Crippen molar-refractivity contribution < 1.29 is 9.72 Å². The number of nitrogens with one attached hydrogen (secondary N) is 2. The summed E-state index contributed by atoms with van der Waals surface area (Å²) in [5.74, 6) is 1.90. The van der Waals surface area contributed by atoms with Crippen LogP contribution in [0.5, 0.6) is 0 Å². The van der Waals surface area contributed by atoms with E-state index in [0.717, 1.165) is 25.1 Å². The van der Waals surface area contributed by atoms with Crippen LogP contribution in [0.2, 0.25) is 0 Å². The summed E-state index contributed by atoms with van der Waals surface area (Å²) in [7, 11) is 0. The normalized spacial score (nSPS) is 19.1. The molecule has 2 aliphatic rings. The standard InChI is InChI=1S/C22H29N5O3/c28-22(24-12-11-23-18-6-8-19(9-7-18)27(29)30)17-10-13-26-20(14-17)15-25-21(26)16-4-2-1-3-5-16/h6-9,15-17,23H,1-5,10-14H2,(H,24,28)/t17-/m0/s1. The number of amides is 1. The van der Waals surface area contributed by atoms with Crippen molar-refractivity contribution in [2.75, 3.05) is 18.4 Å². The van der Waals surface area contributed by atoms with Crippen molar-refractivity contribution in [1.82, 2.24) is 14.9 Å². The zero-order valence-electron chi connectivity index (χ0n) is 17.2. The fourth-order valence-corrected chi connectivity index (χ4v) is 4.64. The molecule has 1 aliphatic heterocycles. The zero-order valence-corrected chi connectivity index (χ0v) is 17.2. The maximum Gasteiger partial charge on any atom is 0.269 e. The number of anilines is 1. The van der Waals surface area contributed by atoms with Crippen molar-refractivity contribution >= 4 is 17.3 Å². The van der Waals surface area contributed by atoms with Gasteiger partial charge in [0.05, 0.1) is 4.92 Å². The van der Waals surface area contributed by atoms with E-state index in [4.69, 9.17) is 4.98 Å². The van der Waals surface area contributed by atoms with E-state index in [1.165, 1.54) is 55.8 Å². The molecule has 2 N–H and O–H groups in total. The van der Waals surface area contributed by atoms with E-state index in [0.29, 0.717) is 19.0 Å². The lowest BCUT2D eigenvalue weighted by Crippen LogP contribution is -2.37. The number of imidazole rings is 1. The molecule has 30 heavy (non-hydrogen) atoms. The van der Waals surface area contributed by atoms with E-state index in [9.17, 15) is 14.9 Å². The van der Waals surface area contributed by atoms with Gasteiger partial charge in [0.2, 0.25) is 5.91 Å². The topological polar surface area (TPSA) is 102 Å². The minimum absolute atomic E-state index is 0.00668. The molecule has 8 heteroatoms. The number of non-ortho nitro benzene ring substituents is 1. The Kier molecular flexibility index (Phi) is 6.30. The third-order valence-electron chi connectivity index (χ3n) is 6.30. The molecule has 1 fully saturated rings. The first-order chi connectivity index (χ1) is 14.6. The first kappa shape index (κ1) is 20.4. The first-order valence-corrected chi connectivity index (χ1v) is 10.9. The van der Waals surface area contributed by atoms with Gasteiger partial charge in [-0.15, -0.1) is 0 Å². The van der Waals surface area contributed by atoms with E-state index in [2.05, 4.69) is 15.2 Å². The molecule has 1 aromatic carbocycles. The van der Waals surface area contributed by atoms with Crippen LogP contribution >= 0.6 is 0 Å². The van der Waals surface area contributed by atoms with Gasteiger partial charge in [0.15, 0.2) is 0 Å². The van der Waals surface area contributed by atoms with Crippen molar-refractivity contribution in [2.45, 2.75) is 57.4 Å². The molecule has 1 atom stereocenters. The van der Waals surface area contributed by atoms with E-state index in [1.54, 1.807) is 12.1 Å². The Morgan fingerprint density at radius 1 is 1.13 bits per heavy atom. The molecule has 1 saturated carbocycles. The number of carbonyl (C=O) groups excluding carboxylic acids is 1. The quantitative estimate of drug-likeness (QED) is 0.411. The summed E-state index contributed by atoms with van der Waals surface area (Å²) in [5.41, 5.74) is 2.05. The number of carbonyl (C=O) groups is 1. The number of fused-ring (bicyclic) bond motifs is 1. The second-order valence-corrected chi connectivity index (χ2v) is 8.31. The lowest BCUT2D eigenvalue weighted by Gasteiger charge is -2.27. The van der Waals surface area contributed by atoms with Crippen LogP contribution in [0, 0.1) is 16.0 Å². The minimum Gasteiger partial charge on any atom is -0.383 e. The Balaban J connectivity index is 1.23. The van der Waals surface area contributed by atoms with Gasteiger partial charge in [0.1, 0.15) is 5.82 Å². The molecule has 160 valence electrons. The second kappa shape index (κ2) is 9.28. The van der Waals surface area contributed by atoms with Crippen molar-refractivity contribution in [3.63, 3.8) is 0 Å². The number of rotatable bonds is 7. The summed E-state index contributed by atoms with van der Waals surface area (Å²) >= 11 is 0. The number of nitrogens with zero attached hydrogens (tertiary/aromatic N) is 3. The lowest BCUT2D eigenvalue weighted by molar-refractivity contribution is -0.384. The van der Waals surface area contributed by atoms with Crippen LogP contribution in [0.4, 0.5) is 11.4 Å². The number of nitro groups is 1. The predicted molar refractivity (Wildman–Crippen MR) is 114 cm³/mol. The third-order valence-corrected chi connectivity index (χ3v) is 6.30. The van der Waals surface area contributed by atoms with Gasteiger partial charge in [0, 0.05) is 67.6 Å². The molecular formula is C22H29N5O3. The Labute approximate surface area is 176 Å². The molecule has 8 nitrogen and oxygen atoms in total. The summed E-state index contributed by atoms with van der Waals surface area (Å²) < 4.78 is 2.36. The number of hydrogen-bond donors (Lipinski definition) is 2. The second-order valence-electron chi connectivity index (χ2n) is 8.31. The molecular weight excluding hydrogens is 382 g/mol. The average molecular weight is 412 g/mol. The zero-order chi connectivity index (χ0) is 20.9. The molecule has 1 aliphatic carbocycles. The highest BCUT2D eigenvalue weighted by Crippen LogP contribution is 2.34. The number of aromatic nitrogens is 2. The van der Waals surface area contributed by atoms with Gasteiger partial charge >= 0.3 is 0 Å². The van der Waals surface area contributed by atoms with Crippen molar-refractivity contribution in [3.8, 4) is 0 Å². The largest absolute Gasteiger partial charge is 0.383 e. The summed E-state index contributed by atoms with van der Waals surface area (Å²) in [6.07, 6.45) is 9.98. The first-order valence-electron chi connectivity index (χ1n) is 10.9. The highest BCUT2D eigenvalue weighted by Gasteiger charge is 2.29. The molecule has 0 saturated heterocycles. The van der Waals surface area contributed by atoms with Gasteiger partial charge < -0.3 is 15.2 Å². The average Bonchev–Trinajstić information content (AvgIpc) is 3.21. The smallest absolute Gasteiger partial charge is 0.269 e. The van der Waals surface area contributed by atoms with Gasteiger partial charge in [-0.05, 0) is 31.4 Å². The van der Waals surface area contributed by atoms with E-state index < -0.39 is 4.92 Å². The van der Waals surface area contributed by atoms with Crippen LogP contribution in [0.25, 0.3) is 0 Å². The van der Waals surface area contributed by atoms with Crippen LogP contribution in [0.3, 0.4) is 0 Å². The molecule has 4 rings (SSSR count). The van der Waals surface area contributed by atoms with E-state index >= 15 is 0 Å². The highest BCUT2D eigenvalue weighted by atomic mass is 16.6. The van der Waals surface area contributed by atoms with Crippen LogP contribution in [0.1, 0.15) is 56.0 Å². The molecule has 2 aromatic rings. The number of hydrogen-bond acceptors (Lipinski definition) is 5. The third kappa shape index (κ3) is 4.63. The summed E-state index contributed by atoms with van der Waals surface area (Å²) in [5, 5.41) is 16.9. The summed E-state index contributed by atoms with van der Waals surface area (Å²) in [6, 6.07) is 6.28. The Hall–Kier alpha value is -2.90.